The van der Waals surface area contributed by atoms with Crippen LogP contribution in [0, 0.1) is 11.6 Å². The van der Waals surface area contributed by atoms with Crippen LogP contribution in [0.1, 0.15) is 11.1 Å². The number of urea groups is 1. The van der Waals surface area contributed by atoms with Crippen LogP contribution in [-0.2, 0) is 13.1 Å². The van der Waals surface area contributed by atoms with Crippen molar-refractivity contribution in [3.63, 3.8) is 0 Å². The molecule has 1 aliphatic rings. The molecule has 1 aliphatic heterocycles. The van der Waals surface area contributed by atoms with Crippen molar-refractivity contribution in [2.45, 2.75) is 13.1 Å². The minimum Gasteiger partial charge on any atom is -0.497 e. The Hall–Kier alpha value is -4.41. The van der Waals surface area contributed by atoms with Crippen LogP contribution in [0.15, 0.2) is 42.7 Å². The first-order valence-electron chi connectivity index (χ1n) is 11.0. The molecular formula is C25H23F2N5O4. The topological polar surface area (TPSA) is 82.0 Å². The SMILES string of the molecule is COc1ccc(Cn2ncc3c4c(cnc32)CN(c2c(F)c(OC)cc(OC)c2F)C(=O)N4C)cc1. The number of nitrogens with zero attached hydrogens (tertiary/aromatic N) is 5. The standard InChI is InChI=1S/C25H23F2N5O4/c1-30-22-15(13-31(25(30)33)23-20(26)18(35-3)9-19(36-4)21(23)27)10-28-24-17(22)11-29-32(24)12-14-5-7-16(34-2)8-6-14/h5-11H,12-13H2,1-4H3. The maximum atomic E-state index is 15.2. The molecule has 0 saturated heterocycles. The lowest BCUT2D eigenvalue weighted by Gasteiger charge is -2.35. The number of carbonyl (C=O) groups is 1. The zero-order chi connectivity index (χ0) is 25.6. The third-order valence-electron chi connectivity index (χ3n) is 6.21. The fourth-order valence-electron chi connectivity index (χ4n) is 4.39. The van der Waals surface area contributed by atoms with E-state index in [0.29, 0.717) is 28.8 Å². The molecular weight excluding hydrogens is 472 g/mol. The summed E-state index contributed by atoms with van der Waals surface area (Å²) in [6.07, 6.45) is 3.23. The Bertz CT molecular complexity index is 1440. The Balaban J connectivity index is 1.55. The van der Waals surface area contributed by atoms with E-state index in [1.165, 1.54) is 19.1 Å². The Morgan fingerprint density at radius 1 is 0.944 bits per heavy atom. The number of amides is 2. The molecule has 0 saturated carbocycles. The number of aromatic nitrogens is 3. The van der Waals surface area contributed by atoms with Crippen molar-refractivity contribution in [2.75, 3.05) is 38.2 Å². The zero-order valence-electron chi connectivity index (χ0n) is 20.1. The molecule has 0 spiro atoms. The Morgan fingerprint density at radius 2 is 1.61 bits per heavy atom. The molecule has 9 nitrogen and oxygen atoms in total. The summed E-state index contributed by atoms with van der Waals surface area (Å²) in [5, 5.41) is 5.12. The van der Waals surface area contributed by atoms with Gasteiger partial charge in [0.15, 0.2) is 28.8 Å². The van der Waals surface area contributed by atoms with Gasteiger partial charge in [0, 0.05) is 24.9 Å². The van der Waals surface area contributed by atoms with Gasteiger partial charge in [-0.25, -0.2) is 23.2 Å². The summed E-state index contributed by atoms with van der Waals surface area (Å²) < 4.78 is 47.3. The molecule has 11 heteroatoms. The van der Waals surface area contributed by atoms with E-state index in [9.17, 15) is 4.79 Å². The first-order valence-corrected chi connectivity index (χ1v) is 11.0. The van der Waals surface area contributed by atoms with E-state index in [4.69, 9.17) is 14.2 Å². The summed E-state index contributed by atoms with van der Waals surface area (Å²) in [7, 11) is 5.66. The van der Waals surface area contributed by atoms with E-state index >= 15 is 8.78 Å². The lowest BCUT2D eigenvalue weighted by atomic mass is 10.1. The lowest BCUT2D eigenvalue weighted by molar-refractivity contribution is 0.250. The fourth-order valence-corrected chi connectivity index (χ4v) is 4.39. The molecule has 2 amide bonds. The van der Waals surface area contributed by atoms with Crippen molar-refractivity contribution < 1.29 is 27.8 Å². The maximum absolute atomic E-state index is 15.2. The van der Waals surface area contributed by atoms with E-state index in [1.54, 1.807) is 31.2 Å². The molecule has 36 heavy (non-hydrogen) atoms. The molecule has 0 radical (unpaired) electrons. The van der Waals surface area contributed by atoms with Crippen LogP contribution in [0.4, 0.5) is 25.0 Å². The molecule has 4 aromatic rings. The number of fused-ring (bicyclic) bond motifs is 3. The molecule has 0 bridgehead atoms. The molecule has 2 aromatic heterocycles. The number of benzene rings is 2. The maximum Gasteiger partial charge on any atom is 0.329 e. The summed E-state index contributed by atoms with van der Waals surface area (Å²) in [5.74, 6) is -1.72. The van der Waals surface area contributed by atoms with Crippen LogP contribution in [-0.4, -0.2) is 49.2 Å². The van der Waals surface area contributed by atoms with E-state index in [-0.39, 0.29) is 18.0 Å². The average molecular weight is 495 g/mol. The van der Waals surface area contributed by atoms with Gasteiger partial charge in [0.05, 0.1) is 51.7 Å². The van der Waals surface area contributed by atoms with E-state index in [2.05, 4.69) is 10.1 Å². The quantitative estimate of drug-likeness (QED) is 0.395. The number of hydrogen-bond donors (Lipinski definition) is 0. The number of halogens is 2. The Morgan fingerprint density at radius 3 is 2.22 bits per heavy atom. The predicted molar refractivity (Wildman–Crippen MR) is 129 cm³/mol. The Kier molecular flexibility index (Phi) is 5.83. The highest BCUT2D eigenvalue weighted by molar-refractivity contribution is 6.11. The van der Waals surface area contributed by atoms with Gasteiger partial charge in [-0.05, 0) is 17.7 Å². The minimum atomic E-state index is -0.998. The molecule has 0 fully saturated rings. The van der Waals surface area contributed by atoms with Crippen molar-refractivity contribution in [2.24, 2.45) is 0 Å². The van der Waals surface area contributed by atoms with Crippen molar-refractivity contribution >= 4 is 28.4 Å². The molecule has 3 heterocycles. The minimum absolute atomic E-state index is 0.102. The van der Waals surface area contributed by atoms with Gasteiger partial charge in [0.1, 0.15) is 11.4 Å². The number of ether oxygens (including phenoxy) is 3. The predicted octanol–water partition coefficient (Wildman–Crippen LogP) is 4.36. The third-order valence-corrected chi connectivity index (χ3v) is 6.21. The molecule has 0 aliphatic carbocycles. The van der Waals surface area contributed by atoms with E-state index in [0.717, 1.165) is 22.3 Å². The van der Waals surface area contributed by atoms with Crippen LogP contribution in [0.5, 0.6) is 17.2 Å². The number of pyridine rings is 1. The summed E-state index contributed by atoms with van der Waals surface area (Å²) in [6.45, 7) is 0.359. The van der Waals surface area contributed by atoms with Crippen molar-refractivity contribution in [1.82, 2.24) is 14.8 Å². The molecule has 5 rings (SSSR count). The zero-order valence-corrected chi connectivity index (χ0v) is 20.1. The second kappa shape index (κ2) is 8.99. The molecule has 0 unspecified atom stereocenters. The monoisotopic (exact) mass is 495 g/mol. The van der Waals surface area contributed by atoms with Gasteiger partial charge in [0.2, 0.25) is 0 Å². The van der Waals surface area contributed by atoms with Gasteiger partial charge in [-0.2, -0.15) is 5.10 Å². The summed E-state index contributed by atoms with van der Waals surface area (Å²) >= 11 is 0. The van der Waals surface area contributed by atoms with Crippen LogP contribution in [0.25, 0.3) is 11.0 Å². The number of carbonyl (C=O) groups excluding carboxylic acids is 1. The lowest BCUT2D eigenvalue weighted by Crippen LogP contribution is -2.46. The fraction of sp³-hybridized carbons (Fsp3) is 0.240. The second-order valence-electron chi connectivity index (χ2n) is 8.21. The van der Waals surface area contributed by atoms with Gasteiger partial charge in [0.25, 0.3) is 0 Å². The number of rotatable bonds is 6. The molecule has 2 aromatic carbocycles. The van der Waals surface area contributed by atoms with Crippen LogP contribution in [0.2, 0.25) is 0 Å². The van der Waals surface area contributed by atoms with E-state index < -0.39 is 23.4 Å². The summed E-state index contributed by atoms with van der Waals surface area (Å²) in [6, 6.07) is 8.08. The van der Waals surface area contributed by atoms with E-state index in [1.807, 2.05) is 24.3 Å². The van der Waals surface area contributed by atoms with Gasteiger partial charge in [-0.15, -0.1) is 0 Å². The normalized spacial score (nSPS) is 13.2. The first-order chi connectivity index (χ1) is 17.4. The highest BCUT2D eigenvalue weighted by Gasteiger charge is 2.36. The van der Waals surface area contributed by atoms with Gasteiger partial charge in [-0.1, -0.05) is 12.1 Å². The average Bonchev–Trinajstić information content (AvgIpc) is 3.30. The molecule has 0 atom stereocenters. The highest BCUT2D eigenvalue weighted by Crippen LogP contribution is 2.41. The van der Waals surface area contributed by atoms with Gasteiger partial charge in [-0.3, -0.25) is 9.80 Å². The van der Waals surface area contributed by atoms with Crippen molar-refractivity contribution in [1.29, 1.82) is 0 Å². The van der Waals surface area contributed by atoms with Gasteiger partial charge < -0.3 is 14.2 Å². The number of hydrogen-bond acceptors (Lipinski definition) is 6. The van der Waals surface area contributed by atoms with Crippen LogP contribution >= 0.6 is 0 Å². The third kappa shape index (κ3) is 3.63. The smallest absolute Gasteiger partial charge is 0.329 e. The summed E-state index contributed by atoms with van der Waals surface area (Å²) in [4.78, 5) is 20.3. The number of anilines is 2. The van der Waals surface area contributed by atoms with Crippen LogP contribution < -0.4 is 24.0 Å². The second-order valence-corrected chi connectivity index (χ2v) is 8.21. The highest BCUT2D eigenvalue weighted by atomic mass is 19.1. The van der Waals surface area contributed by atoms with Gasteiger partial charge >= 0.3 is 6.03 Å². The summed E-state index contributed by atoms with van der Waals surface area (Å²) in [5.41, 5.74) is 2.21. The van der Waals surface area contributed by atoms with Crippen molar-refractivity contribution in [3.05, 3.63) is 65.5 Å². The molecule has 186 valence electrons. The molecule has 0 N–H and O–H groups in total. The Labute approximate surface area is 205 Å². The number of methoxy groups -OCH3 is 3. The largest absolute Gasteiger partial charge is 0.497 e. The van der Waals surface area contributed by atoms with Crippen molar-refractivity contribution in [3.8, 4) is 17.2 Å². The first kappa shape index (κ1) is 23.3. The van der Waals surface area contributed by atoms with Crippen LogP contribution in [0.3, 0.4) is 0 Å².